The van der Waals surface area contributed by atoms with E-state index in [0.29, 0.717) is 18.8 Å². The first-order valence-electron chi connectivity index (χ1n) is 46.1. The van der Waals surface area contributed by atoms with Crippen molar-refractivity contribution in [2.24, 2.45) is 11.7 Å². The third-order valence-electron chi connectivity index (χ3n) is 25.1. The van der Waals surface area contributed by atoms with Crippen LogP contribution in [0.5, 0.6) is 69.0 Å². The summed E-state index contributed by atoms with van der Waals surface area (Å²) in [5.74, 6) is -21.9. The zero-order chi connectivity index (χ0) is 105. The lowest BCUT2D eigenvalue weighted by Gasteiger charge is -2.44. The molecule has 3 fully saturated rings. The van der Waals surface area contributed by atoms with Crippen molar-refractivity contribution < 1.29 is 182 Å². The minimum absolute atomic E-state index is 0.000323. The van der Waals surface area contributed by atoms with E-state index in [-0.39, 0.29) is 47.4 Å². The molecule has 145 heavy (non-hydrogen) atoms. The van der Waals surface area contributed by atoms with Gasteiger partial charge in [-0.25, -0.2) is 4.79 Å². The van der Waals surface area contributed by atoms with Gasteiger partial charge in [-0.1, -0.05) is 93.4 Å². The maximum absolute atomic E-state index is 17.2. The molecule has 49 heteroatoms. The summed E-state index contributed by atoms with van der Waals surface area (Å²) < 4.78 is 63.6. The molecule has 0 radical (unpaired) electrons. The average molecular weight is 2060 g/mol. The Bertz CT molecular complexity index is 6040. The van der Waals surface area contributed by atoms with E-state index < -0.39 is 358 Å². The molecule has 778 valence electrons. The minimum atomic E-state index is -2.64. The Morgan fingerprint density at radius 2 is 1.09 bits per heavy atom. The molecule has 1 unspecified atom stereocenters. The lowest BCUT2D eigenvalue weighted by molar-refractivity contribution is -0.284. The monoisotopic (exact) mass is 2060 g/mol. The number of nitrogens with two attached hydrogens (primary N) is 1. The van der Waals surface area contributed by atoms with Crippen LogP contribution < -0.4 is 77.3 Å². The number of hydrogen-bond donors (Lipinski definition) is 25. The molecule has 0 aliphatic carbocycles. The van der Waals surface area contributed by atoms with Crippen LogP contribution in [0.3, 0.4) is 0 Å². The summed E-state index contributed by atoms with van der Waals surface area (Å²) >= 11 is 14.9. The normalized spacial score (nSPS) is 27.5. The molecule has 7 aromatic carbocycles. The number of carbonyl (C=O) groups is 12. The van der Waals surface area contributed by atoms with E-state index >= 15 is 24.0 Å². The number of ether oxygens (including phenoxy) is 10. The van der Waals surface area contributed by atoms with Crippen LogP contribution in [-0.4, -0.2) is 278 Å². The molecule has 47 nitrogen and oxygen atoms in total. The third-order valence-corrected chi connectivity index (χ3v) is 25.7. The van der Waals surface area contributed by atoms with Crippen LogP contribution in [0.25, 0.3) is 11.1 Å². The number of carbonyl (C=O) groups excluding carboxylic acids is 11. The van der Waals surface area contributed by atoms with E-state index in [1.807, 2.05) is 5.32 Å². The van der Waals surface area contributed by atoms with E-state index in [9.17, 15) is 110 Å². The molecule has 24 atom stereocenters. The number of phenols is 4. The highest BCUT2D eigenvalue weighted by molar-refractivity contribution is 6.32. The number of hydrogen-bond acceptors (Lipinski definition) is 37. The molecule has 26 N–H and O–H groups in total. The molecule has 16 rings (SSSR count). The van der Waals surface area contributed by atoms with Crippen molar-refractivity contribution in [3.8, 4) is 80.1 Å². The van der Waals surface area contributed by atoms with E-state index in [0.717, 1.165) is 111 Å². The smallest absolute Gasteiger partial charge is 0.330 e. The molecule has 0 spiro atoms. The zero-order valence-corrected chi connectivity index (χ0v) is 78.9. The van der Waals surface area contributed by atoms with Gasteiger partial charge in [0.25, 0.3) is 0 Å². The first-order chi connectivity index (χ1) is 69.0. The van der Waals surface area contributed by atoms with Gasteiger partial charge in [0.1, 0.15) is 162 Å². The van der Waals surface area contributed by atoms with Crippen molar-refractivity contribution in [1.29, 1.82) is 0 Å². The van der Waals surface area contributed by atoms with Crippen LogP contribution in [0, 0.1) is 5.92 Å². The number of aldehydes is 1. The van der Waals surface area contributed by atoms with Gasteiger partial charge in [-0.2, -0.15) is 0 Å². The van der Waals surface area contributed by atoms with Crippen molar-refractivity contribution in [1.82, 2.24) is 47.9 Å². The van der Waals surface area contributed by atoms with Gasteiger partial charge in [0.2, 0.25) is 71.5 Å². The maximum atomic E-state index is 17.2. The van der Waals surface area contributed by atoms with Crippen LogP contribution in [0.15, 0.2) is 115 Å². The second-order valence-electron chi connectivity index (χ2n) is 36.0. The largest absolute Gasteiger partial charge is 0.508 e. The lowest BCUT2D eigenvalue weighted by atomic mass is 9.89. The highest BCUT2D eigenvalue weighted by Gasteiger charge is 2.53. The lowest BCUT2D eigenvalue weighted by Crippen LogP contribution is -2.65. The van der Waals surface area contributed by atoms with E-state index in [1.165, 1.54) is 30.3 Å². The number of rotatable bonds is 27. The summed E-state index contributed by atoms with van der Waals surface area (Å²) in [5.41, 5.74) is 2.48. The molecule has 9 aliphatic heterocycles. The van der Waals surface area contributed by atoms with Gasteiger partial charge in [-0.05, 0) is 131 Å². The molecule has 9 aliphatic rings. The summed E-state index contributed by atoms with van der Waals surface area (Å²) in [6, 6.07) is -0.382. The van der Waals surface area contributed by atoms with Crippen molar-refractivity contribution in [3.05, 3.63) is 164 Å². The molecule has 3 saturated heterocycles. The number of carboxylic acid groups (broad SMARTS) is 1. The number of esters is 1. The van der Waals surface area contributed by atoms with Gasteiger partial charge in [0.05, 0.1) is 23.3 Å². The molecule has 7 aromatic rings. The molecule has 0 aromatic heterocycles. The third kappa shape index (κ3) is 25.0. The Hall–Kier alpha value is -13.4. The van der Waals surface area contributed by atoms with Crippen molar-refractivity contribution >= 4 is 94.6 Å². The molecular formula is C96H108Cl2N10O37. The fourth-order valence-electron chi connectivity index (χ4n) is 17.5. The van der Waals surface area contributed by atoms with Crippen LogP contribution in [-0.2, 0) is 87.6 Å². The second-order valence-corrected chi connectivity index (χ2v) is 36.9. The highest BCUT2D eigenvalue weighted by atomic mass is 35.5. The minimum Gasteiger partial charge on any atom is -0.508 e. The predicted molar refractivity (Wildman–Crippen MR) is 496 cm³/mol. The fourth-order valence-corrected chi connectivity index (χ4v) is 18.0. The van der Waals surface area contributed by atoms with E-state index in [1.54, 1.807) is 0 Å². The van der Waals surface area contributed by atoms with Crippen molar-refractivity contribution in [2.45, 2.75) is 238 Å². The van der Waals surface area contributed by atoms with Crippen LogP contribution in [0.4, 0.5) is 0 Å². The van der Waals surface area contributed by atoms with Gasteiger partial charge < -0.3 is 178 Å². The standard InChI is InChI=1S/C96H108Cl2N10O37/c1-38(2)10-7-5-4-6-8-11-66(118)103-76-82(125)80(123)64(37-136-68(120)13-9-12-65(117)102-67(119)36-111)143-95(76)145-86-60-29-45-30-61(86)139-57-21-17-43(27-52(57)98)85(144-94-75(100-39(3)112)81(124)78(121)62(34-109)141-94)77-92(133)107-74(93(134)135)50-32-47(114)33-59(140-96-84(127)83(126)79(122)63(35-110)142-96)69(50)49-26-42(16-18-54(49)115)71(89(130)108-77)105-91(132)73(45)106-90(131)72-44-24-46(113)31-48(25-44)137-58-28-41(15-19-55(58)116)70(99)88(129)101-53(87(128)104-72)23-40-14-20-56(138-60)51(97)22-40/h14-22,24-33,36,38,53,62-64,67,70-85,94-96,109-110,113-116,119,121-127H,4-13,23,34-35,37,99H2,1-3H3,(H,100,112)(H,101,129)(H,102,117)(H,103,118)(H,104,128)(H,105,132)(H,106,131)(H,107,133)(H,108,130)(H,134,135)/t53-,62-,63-,64-,67?,70-,71-,72+,73-,74-,75-,76-,77+,78-,79-,80-,81-,82-,83+,84+,85-,94+,95+,96+/m1/s1. The zero-order valence-electron chi connectivity index (χ0n) is 77.4. The molecular weight excluding hydrogens is 1960 g/mol. The first-order valence-corrected chi connectivity index (χ1v) is 46.9. The maximum Gasteiger partial charge on any atom is 0.330 e. The number of halogens is 2. The number of phenolic OH excluding ortho intramolecular Hbond substituents is 4. The number of aromatic hydroxyl groups is 4. The van der Waals surface area contributed by atoms with Gasteiger partial charge in [0.15, 0.2) is 47.8 Å². The number of benzene rings is 7. The first kappa shape index (κ1) is 107. The molecule has 17 bridgehead atoms. The predicted octanol–water partition coefficient (Wildman–Crippen LogP) is 0.764. The van der Waals surface area contributed by atoms with E-state index in [2.05, 4.69) is 56.4 Å². The Balaban J connectivity index is 1.02. The summed E-state index contributed by atoms with van der Waals surface area (Å²) in [4.78, 5) is 177. The molecule has 0 saturated carbocycles. The average Bonchev–Trinajstić information content (AvgIpc) is 1.32. The van der Waals surface area contributed by atoms with Crippen molar-refractivity contribution in [3.63, 3.8) is 0 Å². The number of fused-ring (bicyclic) bond motifs is 14. The van der Waals surface area contributed by atoms with Gasteiger partial charge in [-0.15, -0.1) is 0 Å². The SMILES string of the molecule is CC(=O)N[C@H]1[C@H](O[C@@H]2c3ccc(c(Cl)c3)Oc3cc4cc(c3O[C@@H]3O[C@H](COC(=O)CCCC(=O)NC(O)C=O)[C@@H](O)[C@H](O)[C@H]3NC(=O)CCCCCCCC(C)C)Oc3ccc(cc3Cl)C[C@H]3NC(=O)[C@H](N)c5ccc(O)c(c5)Oc5cc(O)cc(c5)[C@H](NC3=O)C(=O)N[C@H]4C(=O)N[C@H]3C(=O)N[C@@H]2C(=O)N[C@@H](C(=O)O)c2cc(O)cc(O[C@H]4O[C@H](CO)[C@@H](O)[C@H](O)[C@@H]4O)c2-c2cc3ccc2O)O[C@H](CO)[C@@H](O)[C@@H]1O. The number of aliphatic carboxylic acids is 1. The number of aliphatic hydroxyl groups excluding tert-OH is 10. The fraction of sp³-hybridized carbons (Fsp3) is 0.438. The number of nitrogens with one attached hydrogen (secondary N) is 9. The van der Waals surface area contributed by atoms with Gasteiger partial charge >= 0.3 is 11.9 Å². The summed E-state index contributed by atoms with van der Waals surface area (Å²) in [6.07, 6.45) is -29.3. The van der Waals surface area contributed by atoms with Crippen LogP contribution in [0.1, 0.15) is 160 Å². The Morgan fingerprint density at radius 3 is 1.74 bits per heavy atom. The van der Waals surface area contributed by atoms with Crippen LogP contribution in [0.2, 0.25) is 10.0 Å². The quantitative estimate of drug-likeness (QED) is 0.0146. The van der Waals surface area contributed by atoms with Crippen molar-refractivity contribution in [2.75, 3.05) is 19.8 Å². The Morgan fingerprint density at radius 1 is 0.517 bits per heavy atom. The number of carboxylic acids is 1. The van der Waals surface area contributed by atoms with Gasteiger partial charge in [0, 0.05) is 61.4 Å². The summed E-state index contributed by atoms with van der Waals surface area (Å²) in [7, 11) is 0. The number of unbranched alkanes of at least 4 members (excludes halogenated alkanes) is 4. The van der Waals surface area contributed by atoms with Gasteiger partial charge in [-0.3, -0.25) is 52.7 Å². The summed E-state index contributed by atoms with van der Waals surface area (Å²) in [5, 5.41) is 193. The Kier molecular flexibility index (Phi) is 34.6. The summed E-state index contributed by atoms with van der Waals surface area (Å²) in [6.45, 7) is 1.98. The molecule has 9 heterocycles. The second kappa shape index (κ2) is 46.7. The topological polar surface area (TPSA) is 735 Å². The Labute approximate surface area is 833 Å². The van der Waals surface area contributed by atoms with Crippen LogP contribution >= 0.6 is 23.2 Å². The number of aliphatic hydroxyl groups is 10. The van der Waals surface area contributed by atoms with E-state index in [4.69, 9.17) is 76.3 Å². The number of amides is 9. The molecule has 9 amide bonds. The highest BCUT2D eigenvalue weighted by Crippen LogP contribution is 2.51.